The van der Waals surface area contributed by atoms with E-state index in [1.54, 1.807) is 24.0 Å². The van der Waals surface area contributed by atoms with Gasteiger partial charge in [-0.05, 0) is 24.1 Å². The number of amides is 1. The van der Waals surface area contributed by atoms with Gasteiger partial charge in [-0.15, -0.1) is 0 Å². The second-order valence-corrected chi connectivity index (χ2v) is 6.40. The van der Waals surface area contributed by atoms with Crippen LogP contribution in [0.1, 0.15) is 35.7 Å². The van der Waals surface area contributed by atoms with Crippen LogP contribution in [0.25, 0.3) is 0 Å². The summed E-state index contributed by atoms with van der Waals surface area (Å²) < 4.78 is 1.97. The number of aryl methyl sites for hydroxylation is 1. The number of carbonyl (C=O) groups excluding carboxylic acids is 1. The van der Waals surface area contributed by atoms with Gasteiger partial charge in [0.05, 0.1) is 6.10 Å². The fourth-order valence-corrected chi connectivity index (χ4v) is 3.06. The van der Waals surface area contributed by atoms with Gasteiger partial charge in [0.25, 0.3) is 5.91 Å². The number of aliphatic hydroxyl groups excluding tert-OH is 1. The number of hydrogen-bond acceptors (Lipinski definition) is 4. The molecule has 0 saturated heterocycles. The Bertz CT molecular complexity index is 642. The zero-order valence-electron chi connectivity index (χ0n) is 13.5. The molecule has 0 bridgehead atoms. The van der Waals surface area contributed by atoms with E-state index in [2.05, 4.69) is 10.3 Å². The van der Waals surface area contributed by atoms with Crippen molar-refractivity contribution in [2.45, 2.75) is 36.8 Å². The lowest BCUT2D eigenvalue weighted by atomic mass is 10.1. The largest absolute Gasteiger partial charge is 0.391 e. The Morgan fingerprint density at radius 1 is 1.48 bits per heavy atom. The van der Waals surface area contributed by atoms with Gasteiger partial charge < -0.3 is 15.0 Å². The molecule has 0 spiro atoms. The minimum atomic E-state index is -0.480. The fourth-order valence-electron chi connectivity index (χ4n) is 2.19. The SMILES string of the molecule is CCCC(O)CNC(=O)c1cccc(CSc2nccn2C)c1. The first-order valence-electron chi connectivity index (χ1n) is 7.75. The van der Waals surface area contributed by atoms with Crippen LogP contribution in [0.2, 0.25) is 0 Å². The molecule has 0 aliphatic carbocycles. The maximum absolute atomic E-state index is 12.1. The van der Waals surface area contributed by atoms with Crippen molar-refractivity contribution in [3.63, 3.8) is 0 Å². The van der Waals surface area contributed by atoms with Gasteiger partial charge in [0, 0.05) is 37.3 Å². The Labute approximate surface area is 141 Å². The average molecular weight is 333 g/mol. The topological polar surface area (TPSA) is 67.2 Å². The van der Waals surface area contributed by atoms with Crippen molar-refractivity contribution in [3.05, 3.63) is 47.8 Å². The minimum Gasteiger partial charge on any atom is -0.391 e. The molecule has 1 unspecified atom stereocenters. The van der Waals surface area contributed by atoms with Crippen LogP contribution < -0.4 is 5.32 Å². The molecule has 1 aromatic carbocycles. The Balaban J connectivity index is 1.91. The summed E-state index contributed by atoms with van der Waals surface area (Å²) in [6, 6.07) is 7.55. The molecule has 1 heterocycles. The highest BCUT2D eigenvalue weighted by atomic mass is 32.2. The predicted octanol–water partition coefficient (Wildman–Crippen LogP) is 2.60. The van der Waals surface area contributed by atoms with Crippen molar-refractivity contribution in [1.82, 2.24) is 14.9 Å². The van der Waals surface area contributed by atoms with Gasteiger partial charge >= 0.3 is 0 Å². The van der Waals surface area contributed by atoms with Gasteiger partial charge in [-0.2, -0.15) is 0 Å². The number of nitrogens with one attached hydrogen (secondary N) is 1. The van der Waals surface area contributed by atoms with Gasteiger partial charge in [0.1, 0.15) is 0 Å². The monoisotopic (exact) mass is 333 g/mol. The zero-order valence-corrected chi connectivity index (χ0v) is 14.3. The molecule has 23 heavy (non-hydrogen) atoms. The molecule has 0 radical (unpaired) electrons. The normalized spacial score (nSPS) is 12.1. The zero-order chi connectivity index (χ0) is 16.7. The van der Waals surface area contributed by atoms with Crippen molar-refractivity contribution < 1.29 is 9.90 Å². The molecule has 1 aromatic heterocycles. The maximum atomic E-state index is 12.1. The van der Waals surface area contributed by atoms with Crippen LogP contribution in [0.5, 0.6) is 0 Å². The molecule has 5 nitrogen and oxygen atoms in total. The summed E-state index contributed by atoms with van der Waals surface area (Å²) in [5.41, 5.74) is 1.69. The van der Waals surface area contributed by atoms with Crippen LogP contribution in [-0.4, -0.2) is 33.2 Å². The first-order chi connectivity index (χ1) is 11.1. The minimum absolute atomic E-state index is 0.149. The maximum Gasteiger partial charge on any atom is 0.251 e. The Kier molecular flexibility index (Phi) is 6.67. The molecular formula is C17H23N3O2S. The van der Waals surface area contributed by atoms with Crippen molar-refractivity contribution in [1.29, 1.82) is 0 Å². The van der Waals surface area contributed by atoms with E-state index in [1.807, 2.05) is 42.9 Å². The Hall–Kier alpha value is -1.79. The quantitative estimate of drug-likeness (QED) is 0.729. The molecular weight excluding hydrogens is 310 g/mol. The van der Waals surface area contributed by atoms with Gasteiger partial charge in [0.15, 0.2) is 5.16 Å². The van der Waals surface area contributed by atoms with E-state index in [0.29, 0.717) is 18.5 Å². The van der Waals surface area contributed by atoms with Crippen LogP contribution in [0, 0.1) is 0 Å². The number of carbonyl (C=O) groups is 1. The van der Waals surface area contributed by atoms with Crippen LogP contribution in [-0.2, 0) is 12.8 Å². The second kappa shape index (κ2) is 8.74. The van der Waals surface area contributed by atoms with E-state index in [9.17, 15) is 9.90 Å². The van der Waals surface area contributed by atoms with Crippen LogP contribution in [0.3, 0.4) is 0 Å². The number of nitrogens with zero attached hydrogens (tertiary/aromatic N) is 2. The highest BCUT2D eigenvalue weighted by molar-refractivity contribution is 7.98. The number of hydrogen-bond donors (Lipinski definition) is 2. The smallest absolute Gasteiger partial charge is 0.251 e. The van der Waals surface area contributed by atoms with E-state index < -0.39 is 6.10 Å². The molecule has 0 aliphatic rings. The summed E-state index contributed by atoms with van der Waals surface area (Å²) in [6.45, 7) is 2.30. The van der Waals surface area contributed by atoms with E-state index in [1.165, 1.54) is 0 Å². The molecule has 6 heteroatoms. The van der Waals surface area contributed by atoms with Crippen molar-refractivity contribution >= 4 is 17.7 Å². The lowest BCUT2D eigenvalue weighted by molar-refractivity contribution is 0.0910. The highest BCUT2D eigenvalue weighted by Crippen LogP contribution is 2.21. The van der Waals surface area contributed by atoms with Gasteiger partial charge in [-0.1, -0.05) is 37.2 Å². The summed E-state index contributed by atoms with van der Waals surface area (Å²) >= 11 is 1.63. The fraction of sp³-hybridized carbons (Fsp3) is 0.412. The molecule has 1 atom stereocenters. The lowest BCUT2D eigenvalue weighted by Gasteiger charge is -2.11. The van der Waals surface area contributed by atoms with E-state index in [-0.39, 0.29) is 5.91 Å². The number of rotatable bonds is 8. The van der Waals surface area contributed by atoms with Crippen LogP contribution in [0.4, 0.5) is 0 Å². The number of aliphatic hydroxyl groups is 1. The number of thioether (sulfide) groups is 1. The van der Waals surface area contributed by atoms with Crippen molar-refractivity contribution in [3.8, 4) is 0 Å². The first kappa shape index (κ1) is 17.6. The molecule has 2 rings (SSSR count). The summed E-state index contributed by atoms with van der Waals surface area (Å²) in [4.78, 5) is 16.4. The van der Waals surface area contributed by atoms with Crippen LogP contribution in [0.15, 0.2) is 41.8 Å². The van der Waals surface area contributed by atoms with Gasteiger partial charge in [-0.3, -0.25) is 4.79 Å². The molecule has 0 aliphatic heterocycles. The number of benzene rings is 1. The van der Waals surface area contributed by atoms with E-state index >= 15 is 0 Å². The summed E-state index contributed by atoms with van der Waals surface area (Å²) in [5.74, 6) is 0.605. The Morgan fingerprint density at radius 2 is 2.30 bits per heavy atom. The Morgan fingerprint density at radius 3 is 3.00 bits per heavy atom. The molecule has 2 aromatic rings. The third-order valence-electron chi connectivity index (χ3n) is 3.45. The second-order valence-electron chi connectivity index (χ2n) is 5.46. The molecule has 0 fully saturated rings. The molecule has 0 saturated carbocycles. The number of aromatic nitrogens is 2. The standard InChI is InChI=1S/C17H23N3O2S/c1-3-5-15(21)11-19-16(22)14-7-4-6-13(10-14)12-23-17-18-8-9-20(17)2/h4,6-10,15,21H,3,5,11-12H2,1-2H3,(H,19,22). The highest BCUT2D eigenvalue weighted by Gasteiger charge is 2.09. The summed E-state index contributed by atoms with van der Waals surface area (Å²) in [6.07, 6.45) is 4.80. The molecule has 124 valence electrons. The third kappa shape index (κ3) is 5.41. The van der Waals surface area contributed by atoms with Gasteiger partial charge in [0.2, 0.25) is 0 Å². The van der Waals surface area contributed by atoms with Gasteiger partial charge in [-0.25, -0.2) is 4.98 Å². The lowest BCUT2D eigenvalue weighted by Crippen LogP contribution is -2.32. The summed E-state index contributed by atoms with van der Waals surface area (Å²) in [5, 5.41) is 13.4. The third-order valence-corrected chi connectivity index (χ3v) is 4.58. The average Bonchev–Trinajstić information content (AvgIpc) is 2.96. The molecule has 2 N–H and O–H groups in total. The molecule has 1 amide bonds. The van der Waals surface area contributed by atoms with Crippen molar-refractivity contribution in [2.24, 2.45) is 7.05 Å². The van der Waals surface area contributed by atoms with E-state index in [4.69, 9.17) is 0 Å². The predicted molar refractivity (Wildman–Crippen MR) is 92.5 cm³/mol. The van der Waals surface area contributed by atoms with Crippen molar-refractivity contribution in [2.75, 3.05) is 6.54 Å². The number of imidazole rings is 1. The summed E-state index contributed by atoms with van der Waals surface area (Å²) in [7, 11) is 1.96. The van der Waals surface area contributed by atoms with Crippen LogP contribution >= 0.6 is 11.8 Å². The first-order valence-corrected chi connectivity index (χ1v) is 8.74. The van der Waals surface area contributed by atoms with E-state index in [0.717, 1.165) is 22.9 Å².